The number of ether oxygens (including phenoxy) is 1. The molecule has 0 radical (unpaired) electrons. The number of amides is 1. The van der Waals surface area contributed by atoms with Gasteiger partial charge in [0.1, 0.15) is 11.9 Å². The third kappa shape index (κ3) is 3.24. The molecule has 1 fully saturated rings. The van der Waals surface area contributed by atoms with Crippen molar-refractivity contribution in [3.05, 3.63) is 53.6 Å². The van der Waals surface area contributed by atoms with E-state index in [1.54, 1.807) is 12.1 Å². The lowest BCUT2D eigenvalue weighted by molar-refractivity contribution is 0.0537. The lowest BCUT2D eigenvalue weighted by Crippen LogP contribution is -2.47. The van der Waals surface area contributed by atoms with Crippen molar-refractivity contribution >= 4 is 11.6 Å². The summed E-state index contributed by atoms with van der Waals surface area (Å²) in [5.74, 6) is 1.23. The maximum absolute atomic E-state index is 12.1. The van der Waals surface area contributed by atoms with Crippen molar-refractivity contribution in [3.8, 4) is 11.5 Å². The molecule has 0 bridgehead atoms. The molecule has 2 heterocycles. The molecular formula is C19H22N4O3. The normalized spacial score (nSPS) is 19.3. The minimum Gasteiger partial charge on any atom is -0.455 e. The van der Waals surface area contributed by atoms with Gasteiger partial charge in [0, 0.05) is 37.3 Å². The molecule has 2 aliphatic heterocycles. The number of anilines is 1. The van der Waals surface area contributed by atoms with Gasteiger partial charge in [0.05, 0.1) is 12.8 Å². The summed E-state index contributed by atoms with van der Waals surface area (Å²) in [6.45, 7) is 3.77. The summed E-state index contributed by atoms with van der Waals surface area (Å²) in [5.41, 5.74) is 4.73. The number of benzene rings is 2. The van der Waals surface area contributed by atoms with E-state index in [-0.39, 0.29) is 12.1 Å². The standard InChI is InChI=1S/C19H22N4O3/c1-25-22-19(24)13-6-7-17-15(12-13)21-18(23-10-8-20-9-11-23)14-4-2-3-5-16(14)26-17/h2-7,12,18,20-21H,8-11H2,1H3,(H,22,24). The van der Waals surface area contributed by atoms with Gasteiger partial charge in [-0.2, -0.15) is 0 Å². The zero-order valence-electron chi connectivity index (χ0n) is 14.6. The number of hydrogen-bond acceptors (Lipinski definition) is 6. The van der Waals surface area contributed by atoms with Gasteiger partial charge in [0.2, 0.25) is 0 Å². The molecule has 1 atom stereocenters. The number of carbonyl (C=O) groups is 1. The Hall–Kier alpha value is -2.61. The number of fused-ring (bicyclic) bond motifs is 2. The molecule has 7 nitrogen and oxygen atoms in total. The van der Waals surface area contributed by atoms with E-state index in [4.69, 9.17) is 9.57 Å². The number of hydrogen-bond donors (Lipinski definition) is 3. The van der Waals surface area contributed by atoms with E-state index < -0.39 is 0 Å². The molecule has 7 heteroatoms. The Morgan fingerprint density at radius 1 is 1.19 bits per heavy atom. The third-order valence-corrected chi connectivity index (χ3v) is 4.68. The zero-order chi connectivity index (χ0) is 17.9. The Bertz CT molecular complexity index is 805. The Balaban J connectivity index is 1.72. The van der Waals surface area contributed by atoms with Crippen LogP contribution in [0.25, 0.3) is 0 Å². The highest BCUT2D eigenvalue weighted by molar-refractivity contribution is 5.95. The summed E-state index contributed by atoms with van der Waals surface area (Å²) in [6, 6.07) is 13.4. The van der Waals surface area contributed by atoms with Crippen LogP contribution in [0.1, 0.15) is 22.1 Å². The fourth-order valence-corrected chi connectivity index (χ4v) is 3.40. The van der Waals surface area contributed by atoms with Crippen LogP contribution < -0.4 is 20.9 Å². The topological polar surface area (TPSA) is 74.9 Å². The Morgan fingerprint density at radius 2 is 2.00 bits per heavy atom. The minimum atomic E-state index is -0.294. The van der Waals surface area contributed by atoms with Crippen molar-refractivity contribution in [2.24, 2.45) is 0 Å². The van der Waals surface area contributed by atoms with Crippen molar-refractivity contribution in [3.63, 3.8) is 0 Å². The molecule has 0 spiro atoms. The highest BCUT2D eigenvalue weighted by Crippen LogP contribution is 2.41. The van der Waals surface area contributed by atoms with Crippen LogP contribution in [0.4, 0.5) is 5.69 Å². The Labute approximate surface area is 152 Å². The maximum atomic E-state index is 12.1. The number of rotatable bonds is 3. The van der Waals surface area contributed by atoms with Gasteiger partial charge in [-0.3, -0.25) is 14.5 Å². The number of piperazine rings is 1. The van der Waals surface area contributed by atoms with E-state index in [0.717, 1.165) is 43.2 Å². The third-order valence-electron chi connectivity index (χ3n) is 4.68. The SMILES string of the molecule is CONC(=O)c1ccc2c(c1)NC(N1CCNCC1)c1ccccc1O2. The predicted octanol–water partition coefficient (Wildman–Crippen LogP) is 2.10. The van der Waals surface area contributed by atoms with Crippen LogP contribution in [-0.2, 0) is 4.84 Å². The highest BCUT2D eigenvalue weighted by Gasteiger charge is 2.28. The minimum absolute atomic E-state index is 0.0183. The van der Waals surface area contributed by atoms with Crippen molar-refractivity contribution < 1.29 is 14.4 Å². The van der Waals surface area contributed by atoms with Crippen LogP contribution >= 0.6 is 0 Å². The van der Waals surface area contributed by atoms with Crippen molar-refractivity contribution in [2.45, 2.75) is 6.17 Å². The largest absolute Gasteiger partial charge is 0.455 e. The second kappa shape index (κ2) is 7.33. The summed E-state index contributed by atoms with van der Waals surface area (Å²) in [4.78, 5) is 19.2. The molecule has 26 heavy (non-hydrogen) atoms. The summed E-state index contributed by atoms with van der Waals surface area (Å²) in [5, 5.41) is 6.96. The first-order valence-corrected chi connectivity index (χ1v) is 8.72. The van der Waals surface area contributed by atoms with E-state index in [0.29, 0.717) is 11.3 Å². The average molecular weight is 354 g/mol. The van der Waals surface area contributed by atoms with Crippen LogP contribution in [0.15, 0.2) is 42.5 Å². The Kier molecular flexibility index (Phi) is 4.75. The lowest BCUT2D eigenvalue weighted by Gasteiger charge is -2.35. The van der Waals surface area contributed by atoms with Gasteiger partial charge in [0.25, 0.3) is 5.91 Å². The monoisotopic (exact) mass is 354 g/mol. The molecular weight excluding hydrogens is 332 g/mol. The first-order chi connectivity index (χ1) is 12.8. The van der Waals surface area contributed by atoms with Crippen LogP contribution in [0.5, 0.6) is 11.5 Å². The van der Waals surface area contributed by atoms with Crippen LogP contribution in [-0.4, -0.2) is 44.1 Å². The van der Waals surface area contributed by atoms with E-state index in [1.807, 2.05) is 24.3 Å². The fourth-order valence-electron chi connectivity index (χ4n) is 3.40. The van der Waals surface area contributed by atoms with Gasteiger partial charge in [0.15, 0.2) is 5.75 Å². The molecule has 1 unspecified atom stereocenters. The molecule has 2 aromatic rings. The van der Waals surface area contributed by atoms with Crippen molar-refractivity contribution in [2.75, 3.05) is 38.6 Å². The molecule has 2 aromatic carbocycles. The summed E-state index contributed by atoms with van der Waals surface area (Å²) in [6.07, 6.45) is -0.0183. The molecule has 136 valence electrons. The van der Waals surface area contributed by atoms with Gasteiger partial charge < -0.3 is 15.4 Å². The number of nitrogens with zero attached hydrogens (tertiary/aromatic N) is 1. The van der Waals surface area contributed by atoms with Crippen LogP contribution in [0, 0.1) is 0 Å². The number of carbonyl (C=O) groups excluding carboxylic acids is 1. The second-order valence-corrected chi connectivity index (χ2v) is 6.32. The predicted molar refractivity (Wildman–Crippen MR) is 98.2 cm³/mol. The molecule has 1 amide bonds. The maximum Gasteiger partial charge on any atom is 0.274 e. The number of para-hydroxylation sites is 1. The number of hydroxylamine groups is 1. The van der Waals surface area contributed by atoms with Gasteiger partial charge in [-0.05, 0) is 24.3 Å². The van der Waals surface area contributed by atoms with Gasteiger partial charge in [-0.25, -0.2) is 5.48 Å². The quantitative estimate of drug-likeness (QED) is 0.733. The van der Waals surface area contributed by atoms with Crippen molar-refractivity contribution in [1.82, 2.24) is 15.7 Å². The first kappa shape index (κ1) is 16.8. The molecule has 0 saturated carbocycles. The molecule has 2 aliphatic rings. The van der Waals surface area contributed by atoms with E-state index in [1.165, 1.54) is 7.11 Å². The zero-order valence-corrected chi connectivity index (χ0v) is 14.6. The van der Waals surface area contributed by atoms with Crippen LogP contribution in [0.3, 0.4) is 0 Å². The van der Waals surface area contributed by atoms with E-state index in [2.05, 4.69) is 27.1 Å². The first-order valence-electron chi connectivity index (χ1n) is 8.72. The lowest BCUT2D eigenvalue weighted by atomic mass is 10.1. The Morgan fingerprint density at radius 3 is 2.81 bits per heavy atom. The summed E-state index contributed by atoms with van der Waals surface area (Å²) >= 11 is 0. The van der Waals surface area contributed by atoms with Gasteiger partial charge >= 0.3 is 0 Å². The van der Waals surface area contributed by atoms with E-state index >= 15 is 0 Å². The smallest absolute Gasteiger partial charge is 0.274 e. The molecule has 0 aromatic heterocycles. The van der Waals surface area contributed by atoms with Crippen molar-refractivity contribution in [1.29, 1.82) is 0 Å². The molecule has 3 N–H and O–H groups in total. The molecule has 4 rings (SSSR count). The second-order valence-electron chi connectivity index (χ2n) is 6.32. The summed E-state index contributed by atoms with van der Waals surface area (Å²) in [7, 11) is 1.42. The highest BCUT2D eigenvalue weighted by atomic mass is 16.6. The van der Waals surface area contributed by atoms with Crippen LogP contribution in [0.2, 0.25) is 0 Å². The average Bonchev–Trinajstić information content (AvgIpc) is 2.85. The van der Waals surface area contributed by atoms with Gasteiger partial charge in [-0.15, -0.1) is 0 Å². The summed E-state index contributed by atoms with van der Waals surface area (Å²) < 4.78 is 6.15. The fraction of sp³-hybridized carbons (Fsp3) is 0.316. The van der Waals surface area contributed by atoms with E-state index in [9.17, 15) is 4.79 Å². The van der Waals surface area contributed by atoms with Gasteiger partial charge in [-0.1, -0.05) is 18.2 Å². The molecule has 1 saturated heterocycles. The molecule has 0 aliphatic carbocycles. The number of nitrogens with one attached hydrogen (secondary N) is 3.